The van der Waals surface area contributed by atoms with Crippen molar-refractivity contribution in [3.63, 3.8) is 0 Å². The van der Waals surface area contributed by atoms with Gasteiger partial charge in [-0.15, -0.1) is 0 Å². The Hall–Kier alpha value is -0.610. The van der Waals surface area contributed by atoms with E-state index in [0.717, 1.165) is 26.2 Å². The van der Waals surface area contributed by atoms with Gasteiger partial charge in [0, 0.05) is 6.54 Å². The fourth-order valence-electron chi connectivity index (χ4n) is 1.82. The second-order valence-electron chi connectivity index (χ2n) is 4.52. The minimum atomic E-state index is -0.246. The molecule has 0 saturated carbocycles. The van der Waals surface area contributed by atoms with E-state index >= 15 is 0 Å². The zero-order chi connectivity index (χ0) is 13.1. The summed E-state index contributed by atoms with van der Waals surface area (Å²) in [4.78, 5) is 13.7. The molecule has 0 aromatic carbocycles. The van der Waals surface area contributed by atoms with E-state index in [2.05, 4.69) is 24.1 Å². The summed E-state index contributed by atoms with van der Waals surface area (Å²) in [6.45, 7) is 10.0. The maximum Gasteiger partial charge on any atom is 0.235 e. The maximum absolute atomic E-state index is 11.3. The molecule has 0 rings (SSSR count). The Morgan fingerprint density at radius 2 is 1.71 bits per heavy atom. The topological polar surface area (TPSA) is 58.4 Å². The normalized spacial score (nSPS) is 12.9. The minimum Gasteiger partial charge on any atom is -0.368 e. The van der Waals surface area contributed by atoms with Crippen molar-refractivity contribution in [1.29, 1.82) is 0 Å². The van der Waals surface area contributed by atoms with Crippen molar-refractivity contribution in [2.45, 2.75) is 52.5 Å². The fraction of sp³-hybridized carbons (Fsp3) is 0.923. The molecule has 0 heterocycles. The quantitative estimate of drug-likeness (QED) is 0.576. The number of nitrogens with zero attached hydrogens (tertiary/aromatic N) is 1. The Bertz CT molecular complexity index is 189. The molecule has 3 N–H and O–H groups in total. The van der Waals surface area contributed by atoms with E-state index in [1.54, 1.807) is 0 Å². The van der Waals surface area contributed by atoms with E-state index in [1.807, 2.05) is 6.92 Å². The summed E-state index contributed by atoms with van der Waals surface area (Å²) in [5.41, 5.74) is 5.40. The molecule has 1 unspecified atom stereocenters. The number of hydrogen-bond donors (Lipinski definition) is 2. The van der Waals surface area contributed by atoms with Gasteiger partial charge in [-0.2, -0.15) is 0 Å². The van der Waals surface area contributed by atoms with Gasteiger partial charge in [0.15, 0.2) is 0 Å². The first kappa shape index (κ1) is 16.4. The second kappa shape index (κ2) is 10.5. The molecule has 17 heavy (non-hydrogen) atoms. The van der Waals surface area contributed by atoms with Gasteiger partial charge < -0.3 is 16.0 Å². The molecular weight excluding hydrogens is 214 g/mol. The van der Waals surface area contributed by atoms with Gasteiger partial charge in [-0.25, -0.2) is 0 Å². The third-order valence-electron chi connectivity index (χ3n) is 2.89. The molecule has 0 saturated heterocycles. The molecule has 0 aliphatic carbocycles. The highest BCUT2D eigenvalue weighted by Crippen LogP contribution is 2.01. The molecule has 0 aromatic heterocycles. The van der Waals surface area contributed by atoms with Gasteiger partial charge >= 0.3 is 0 Å². The molecule has 1 atom stereocenters. The molecule has 1 amide bonds. The zero-order valence-corrected chi connectivity index (χ0v) is 11.7. The summed E-state index contributed by atoms with van der Waals surface area (Å²) in [5.74, 6) is -0.246. The fourth-order valence-corrected chi connectivity index (χ4v) is 1.82. The molecule has 4 nitrogen and oxygen atoms in total. The van der Waals surface area contributed by atoms with Crippen molar-refractivity contribution in [3.05, 3.63) is 0 Å². The standard InChI is InChI=1S/C13H29N3O/c1-4-7-9-16(10-8-5-2)11-12(13(14)17)15-6-3/h12,15H,4-11H2,1-3H3,(H2,14,17). The van der Waals surface area contributed by atoms with Crippen molar-refractivity contribution in [1.82, 2.24) is 10.2 Å². The third-order valence-corrected chi connectivity index (χ3v) is 2.89. The first-order valence-electron chi connectivity index (χ1n) is 6.90. The summed E-state index contributed by atoms with van der Waals surface area (Å²) in [6, 6.07) is -0.214. The molecule has 0 radical (unpaired) electrons. The Morgan fingerprint density at radius 3 is 2.06 bits per heavy atom. The molecule has 0 spiro atoms. The summed E-state index contributed by atoms with van der Waals surface area (Å²) in [5, 5.41) is 3.15. The average molecular weight is 243 g/mol. The van der Waals surface area contributed by atoms with Gasteiger partial charge in [0.25, 0.3) is 0 Å². The van der Waals surface area contributed by atoms with E-state index in [1.165, 1.54) is 25.7 Å². The van der Waals surface area contributed by atoms with Crippen LogP contribution in [0.15, 0.2) is 0 Å². The minimum absolute atomic E-state index is 0.214. The first-order chi connectivity index (χ1) is 8.15. The molecule has 0 aliphatic heterocycles. The van der Waals surface area contributed by atoms with E-state index in [4.69, 9.17) is 5.73 Å². The number of carbonyl (C=O) groups excluding carboxylic acids is 1. The number of primary amides is 1. The highest BCUT2D eigenvalue weighted by Gasteiger charge is 2.17. The van der Waals surface area contributed by atoms with Gasteiger partial charge in [0.05, 0.1) is 6.04 Å². The largest absolute Gasteiger partial charge is 0.368 e. The number of likely N-dealkylation sites (N-methyl/N-ethyl adjacent to an activating group) is 1. The van der Waals surface area contributed by atoms with Crippen molar-refractivity contribution >= 4 is 5.91 Å². The van der Waals surface area contributed by atoms with Gasteiger partial charge in [-0.05, 0) is 32.5 Å². The number of carbonyl (C=O) groups is 1. The molecule has 0 fully saturated rings. The second-order valence-corrected chi connectivity index (χ2v) is 4.52. The van der Waals surface area contributed by atoms with E-state index < -0.39 is 0 Å². The van der Waals surface area contributed by atoms with E-state index in [-0.39, 0.29) is 11.9 Å². The number of hydrogen-bond acceptors (Lipinski definition) is 3. The number of amides is 1. The van der Waals surface area contributed by atoms with Crippen LogP contribution in [0.2, 0.25) is 0 Å². The number of nitrogens with one attached hydrogen (secondary N) is 1. The van der Waals surface area contributed by atoms with E-state index in [0.29, 0.717) is 0 Å². The molecule has 4 heteroatoms. The van der Waals surface area contributed by atoms with Crippen LogP contribution in [0.25, 0.3) is 0 Å². The van der Waals surface area contributed by atoms with Gasteiger partial charge in [-0.3, -0.25) is 4.79 Å². The van der Waals surface area contributed by atoms with Crippen LogP contribution in [-0.4, -0.2) is 43.0 Å². The first-order valence-corrected chi connectivity index (χ1v) is 6.90. The molecule has 0 bridgehead atoms. The lowest BCUT2D eigenvalue weighted by Gasteiger charge is -2.26. The summed E-state index contributed by atoms with van der Waals surface area (Å²) >= 11 is 0. The third kappa shape index (κ3) is 8.16. The van der Waals surface area contributed by atoms with Crippen LogP contribution in [0, 0.1) is 0 Å². The summed E-state index contributed by atoms with van der Waals surface area (Å²) in [6.07, 6.45) is 4.73. The lowest BCUT2D eigenvalue weighted by atomic mass is 10.2. The Morgan fingerprint density at radius 1 is 1.18 bits per heavy atom. The maximum atomic E-state index is 11.3. The van der Waals surface area contributed by atoms with Gasteiger partial charge in [-0.1, -0.05) is 33.6 Å². The van der Waals surface area contributed by atoms with Crippen molar-refractivity contribution in [2.24, 2.45) is 5.73 Å². The van der Waals surface area contributed by atoms with Crippen LogP contribution in [-0.2, 0) is 4.79 Å². The molecule has 0 aromatic rings. The van der Waals surface area contributed by atoms with Crippen molar-refractivity contribution in [2.75, 3.05) is 26.2 Å². The van der Waals surface area contributed by atoms with Crippen LogP contribution in [0.3, 0.4) is 0 Å². The monoisotopic (exact) mass is 243 g/mol. The highest BCUT2D eigenvalue weighted by molar-refractivity contribution is 5.80. The van der Waals surface area contributed by atoms with Crippen LogP contribution in [0.5, 0.6) is 0 Å². The SMILES string of the molecule is CCCCN(CCCC)CC(NCC)C(N)=O. The Labute approximate surface area is 106 Å². The van der Waals surface area contributed by atoms with Crippen molar-refractivity contribution in [3.8, 4) is 0 Å². The number of nitrogens with two attached hydrogens (primary N) is 1. The average Bonchev–Trinajstić information content (AvgIpc) is 2.31. The zero-order valence-electron chi connectivity index (χ0n) is 11.7. The van der Waals surface area contributed by atoms with Crippen molar-refractivity contribution < 1.29 is 4.79 Å². The smallest absolute Gasteiger partial charge is 0.235 e. The Kier molecular flexibility index (Phi) is 10.2. The van der Waals surface area contributed by atoms with Crippen LogP contribution in [0.4, 0.5) is 0 Å². The molecule has 102 valence electrons. The van der Waals surface area contributed by atoms with Crippen LogP contribution >= 0.6 is 0 Å². The van der Waals surface area contributed by atoms with Crippen LogP contribution in [0.1, 0.15) is 46.5 Å². The molecular formula is C13H29N3O. The molecule has 0 aliphatic rings. The lowest BCUT2D eigenvalue weighted by Crippen LogP contribution is -2.49. The summed E-state index contributed by atoms with van der Waals surface area (Å²) in [7, 11) is 0. The Balaban J connectivity index is 4.19. The van der Waals surface area contributed by atoms with E-state index in [9.17, 15) is 4.79 Å². The lowest BCUT2D eigenvalue weighted by molar-refractivity contribution is -0.120. The number of unbranched alkanes of at least 4 members (excludes halogenated alkanes) is 2. The predicted molar refractivity (Wildman–Crippen MR) is 72.9 cm³/mol. The van der Waals surface area contributed by atoms with Gasteiger partial charge in [0.2, 0.25) is 5.91 Å². The van der Waals surface area contributed by atoms with Gasteiger partial charge in [0.1, 0.15) is 0 Å². The summed E-state index contributed by atoms with van der Waals surface area (Å²) < 4.78 is 0. The predicted octanol–water partition coefficient (Wildman–Crippen LogP) is 1.35. The van der Waals surface area contributed by atoms with Crippen LogP contribution < -0.4 is 11.1 Å². The number of rotatable bonds is 11. The highest BCUT2D eigenvalue weighted by atomic mass is 16.1.